The third kappa shape index (κ3) is 4.01. The van der Waals surface area contributed by atoms with Crippen LogP contribution in [0.1, 0.15) is 49.1 Å². The second-order valence-corrected chi connectivity index (χ2v) is 5.22. The predicted molar refractivity (Wildman–Crippen MR) is 75.0 cm³/mol. The molecule has 1 aliphatic rings. The number of hydrogen-bond acceptors (Lipinski definition) is 5. The molecule has 1 aliphatic heterocycles. The maximum absolute atomic E-state index is 12.0. The minimum Gasteiger partial charge on any atom is -0.480 e. The fraction of sp³-hybridized carbons (Fsp3) is 0.692. The van der Waals surface area contributed by atoms with Crippen molar-refractivity contribution >= 4 is 11.9 Å². The maximum atomic E-state index is 12.0. The molecule has 1 amide bonds. The van der Waals surface area contributed by atoms with Gasteiger partial charge in [0.15, 0.2) is 5.69 Å². The van der Waals surface area contributed by atoms with Gasteiger partial charge in [-0.25, -0.2) is 9.48 Å². The first-order chi connectivity index (χ1) is 10.1. The number of nitrogens with zero attached hydrogens (tertiary/aromatic N) is 3. The summed E-state index contributed by atoms with van der Waals surface area (Å²) in [6, 6.07) is -0.641. The lowest BCUT2D eigenvalue weighted by Crippen LogP contribution is -2.40. The molecule has 116 valence electrons. The summed E-state index contributed by atoms with van der Waals surface area (Å²) in [4.78, 5) is 23.1. The van der Waals surface area contributed by atoms with Crippen LogP contribution in [0.5, 0.6) is 0 Å². The van der Waals surface area contributed by atoms with Crippen LogP contribution in [0.2, 0.25) is 0 Å². The molecular weight excluding hydrogens is 274 g/mol. The van der Waals surface area contributed by atoms with Gasteiger partial charge in [0.2, 0.25) is 0 Å². The van der Waals surface area contributed by atoms with Crippen molar-refractivity contribution in [1.82, 2.24) is 25.6 Å². The average Bonchev–Trinajstić information content (AvgIpc) is 2.97. The summed E-state index contributed by atoms with van der Waals surface area (Å²) >= 11 is 0. The third-order valence-corrected chi connectivity index (χ3v) is 3.61. The number of rotatable bonds is 6. The van der Waals surface area contributed by atoms with Crippen LogP contribution in [-0.2, 0) is 4.79 Å². The van der Waals surface area contributed by atoms with Crippen molar-refractivity contribution in [2.75, 3.05) is 13.1 Å². The zero-order chi connectivity index (χ0) is 15.2. The molecule has 1 aromatic rings. The fourth-order valence-corrected chi connectivity index (χ4v) is 2.41. The van der Waals surface area contributed by atoms with E-state index in [-0.39, 0.29) is 11.7 Å². The van der Waals surface area contributed by atoms with Crippen LogP contribution >= 0.6 is 0 Å². The van der Waals surface area contributed by atoms with Crippen LogP contribution < -0.4 is 10.6 Å². The van der Waals surface area contributed by atoms with E-state index in [0.29, 0.717) is 12.8 Å². The standard InChI is InChI=1S/C13H21N5O3/c1-2-3-10(13(20)21)15-12(19)11-8-18(17-16-11)9-4-6-14-7-5-9/h8-10,14H,2-7H2,1H3,(H,15,19)(H,20,21)/t10-/m1/s1. The Kier molecular flexibility index (Phi) is 5.26. The summed E-state index contributed by atoms with van der Waals surface area (Å²) in [6.45, 7) is 3.71. The van der Waals surface area contributed by atoms with E-state index in [0.717, 1.165) is 25.9 Å². The molecule has 0 bridgehead atoms. The van der Waals surface area contributed by atoms with Crippen LogP contribution in [-0.4, -0.2) is 51.1 Å². The zero-order valence-electron chi connectivity index (χ0n) is 12.1. The summed E-state index contributed by atoms with van der Waals surface area (Å²) in [7, 11) is 0. The van der Waals surface area contributed by atoms with Crippen molar-refractivity contribution in [3.63, 3.8) is 0 Å². The summed E-state index contributed by atoms with van der Waals surface area (Å²) in [5.41, 5.74) is 0.163. The highest BCUT2D eigenvalue weighted by atomic mass is 16.4. The Morgan fingerprint density at radius 3 is 2.86 bits per heavy atom. The van der Waals surface area contributed by atoms with Crippen LogP contribution in [0.4, 0.5) is 0 Å². The molecule has 0 saturated carbocycles. The molecule has 0 radical (unpaired) electrons. The number of carboxylic acids is 1. The second-order valence-electron chi connectivity index (χ2n) is 5.22. The summed E-state index contributed by atoms with van der Waals surface area (Å²) in [5.74, 6) is -1.52. The summed E-state index contributed by atoms with van der Waals surface area (Å²) in [6.07, 6.45) is 4.55. The SMILES string of the molecule is CCC[C@@H](NC(=O)c1cn(C2CCNCC2)nn1)C(=O)O. The molecule has 1 saturated heterocycles. The minimum atomic E-state index is -1.03. The van der Waals surface area contributed by atoms with Crippen LogP contribution in [0.25, 0.3) is 0 Å². The van der Waals surface area contributed by atoms with E-state index in [4.69, 9.17) is 5.11 Å². The number of amides is 1. The fourth-order valence-electron chi connectivity index (χ4n) is 2.41. The van der Waals surface area contributed by atoms with Crippen LogP contribution in [0, 0.1) is 0 Å². The van der Waals surface area contributed by atoms with E-state index in [2.05, 4.69) is 20.9 Å². The smallest absolute Gasteiger partial charge is 0.326 e. The number of carbonyl (C=O) groups is 2. The van der Waals surface area contributed by atoms with E-state index in [1.165, 1.54) is 0 Å². The first-order valence-electron chi connectivity index (χ1n) is 7.28. The molecule has 2 rings (SSSR count). The van der Waals surface area contributed by atoms with Crippen molar-refractivity contribution in [2.45, 2.75) is 44.7 Å². The van der Waals surface area contributed by atoms with Gasteiger partial charge in [0.05, 0.1) is 12.2 Å². The van der Waals surface area contributed by atoms with E-state index in [9.17, 15) is 9.59 Å². The lowest BCUT2D eigenvalue weighted by molar-refractivity contribution is -0.139. The molecule has 0 aromatic carbocycles. The molecule has 3 N–H and O–H groups in total. The van der Waals surface area contributed by atoms with Crippen molar-refractivity contribution in [2.24, 2.45) is 0 Å². The van der Waals surface area contributed by atoms with E-state index < -0.39 is 17.9 Å². The number of hydrogen-bond donors (Lipinski definition) is 3. The predicted octanol–water partition coefficient (Wildman–Crippen LogP) is 0.186. The van der Waals surface area contributed by atoms with Gasteiger partial charge in [0, 0.05) is 0 Å². The zero-order valence-corrected chi connectivity index (χ0v) is 12.1. The van der Waals surface area contributed by atoms with Gasteiger partial charge in [-0.2, -0.15) is 0 Å². The molecule has 0 spiro atoms. The number of carboxylic acid groups (broad SMARTS) is 1. The van der Waals surface area contributed by atoms with Gasteiger partial charge in [-0.3, -0.25) is 4.79 Å². The van der Waals surface area contributed by atoms with Crippen LogP contribution in [0.3, 0.4) is 0 Å². The minimum absolute atomic E-state index is 0.163. The number of nitrogens with one attached hydrogen (secondary N) is 2. The molecule has 0 unspecified atom stereocenters. The molecule has 1 atom stereocenters. The molecule has 21 heavy (non-hydrogen) atoms. The van der Waals surface area contributed by atoms with Crippen molar-refractivity contribution < 1.29 is 14.7 Å². The highest BCUT2D eigenvalue weighted by Crippen LogP contribution is 2.17. The second kappa shape index (κ2) is 7.16. The monoisotopic (exact) mass is 295 g/mol. The molecule has 8 heteroatoms. The Hall–Kier alpha value is -1.96. The Bertz CT molecular complexity index is 496. The first kappa shape index (κ1) is 15.4. The van der Waals surface area contributed by atoms with Gasteiger partial charge >= 0.3 is 5.97 Å². The topological polar surface area (TPSA) is 109 Å². The number of aliphatic carboxylic acids is 1. The summed E-state index contributed by atoms with van der Waals surface area (Å²) in [5, 5.41) is 22.6. The Labute approximate surface area is 122 Å². The van der Waals surface area contributed by atoms with E-state index in [1.54, 1.807) is 10.9 Å². The van der Waals surface area contributed by atoms with Gasteiger partial charge in [-0.15, -0.1) is 5.10 Å². The normalized spacial score (nSPS) is 17.4. The third-order valence-electron chi connectivity index (χ3n) is 3.61. The van der Waals surface area contributed by atoms with Gasteiger partial charge in [0.1, 0.15) is 6.04 Å². The first-order valence-corrected chi connectivity index (χ1v) is 7.28. The largest absolute Gasteiger partial charge is 0.480 e. The number of carbonyl (C=O) groups excluding carboxylic acids is 1. The lowest BCUT2D eigenvalue weighted by Gasteiger charge is -2.22. The summed E-state index contributed by atoms with van der Waals surface area (Å²) < 4.78 is 1.70. The van der Waals surface area contributed by atoms with Gasteiger partial charge in [0.25, 0.3) is 5.91 Å². The molecule has 8 nitrogen and oxygen atoms in total. The molecular formula is C13H21N5O3. The number of aromatic nitrogens is 3. The van der Waals surface area contributed by atoms with E-state index >= 15 is 0 Å². The van der Waals surface area contributed by atoms with Gasteiger partial charge < -0.3 is 15.7 Å². The van der Waals surface area contributed by atoms with Crippen LogP contribution in [0.15, 0.2) is 6.20 Å². The van der Waals surface area contributed by atoms with E-state index in [1.807, 2.05) is 6.92 Å². The van der Waals surface area contributed by atoms with Crippen molar-refractivity contribution in [3.05, 3.63) is 11.9 Å². The maximum Gasteiger partial charge on any atom is 0.326 e. The molecule has 0 aliphatic carbocycles. The molecule has 1 fully saturated rings. The Balaban J connectivity index is 1.99. The van der Waals surface area contributed by atoms with Gasteiger partial charge in [-0.05, 0) is 32.4 Å². The van der Waals surface area contributed by atoms with Crippen molar-refractivity contribution in [1.29, 1.82) is 0 Å². The highest BCUT2D eigenvalue weighted by Gasteiger charge is 2.23. The highest BCUT2D eigenvalue weighted by molar-refractivity contribution is 5.94. The average molecular weight is 295 g/mol. The molecule has 1 aromatic heterocycles. The molecule has 2 heterocycles. The number of piperidine rings is 1. The Morgan fingerprint density at radius 2 is 2.24 bits per heavy atom. The quantitative estimate of drug-likeness (QED) is 0.691. The lowest BCUT2D eigenvalue weighted by atomic mass is 10.1. The Morgan fingerprint density at radius 1 is 1.52 bits per heavy atom. The van der Waals surface area contributed by atoms with Crippen molar-refractivity contribution in [3.8, 4) is 0 Å². The van der Waals surface area contributed by atoms with Gasteiger partial charge in [-0.1, -0.05) is 18.6 Å².